The molecule has 0 aliphatic carbocycles. The Morgan fingerprint density at radius 2 is 2.39 bits per heavy atom. The van der Waals surface area contributed by atoms with Crippen LogP contribution in [0.3, 0.4) is 0 Å². The van der Waals surface area contributed by atoms with Gasteiger partial charge in [0.1, 0.15) is 5.65 Å². The predicted octanol–water partition coefficient (Wildman–Crippen LogP) is 1.19. The number of hydrogen-bond acceptors (Lipinski definition) is 4. The molecule has 0 saturated carbocycles. The zero-order chi connectivity index (χ0) is 13.0. The number of pyridine rings is 1. The van der Waals surface area contributed by atoms with Crippen LogP contribution >= 0.6 is 15.9 Å². The number of aliphatic hydroxyl groups is 1. The second-order valence-electron chi connectivity index (χ2n) is 4.07. The summed E-state index contributed by atoms with van der Waals surface area (Å²) in [6.07, 6.45) is 3.32. The van der Waals surface area contributed by atoms with Gasteiger partial charge in [-0.25, -0.2) is 4.98 Å². The highest BCUT2D eigenvalue weighted by Crippen LogP contribution is 2.13. The molecule has 98 valence electrons. The van der Waals surface area contributed by atoms with E-state index in [1.807, 2.05) is 28.9 Å². The van der Waals surface area contributed by atoms with Gasteiger partial charge >= 0.3 is 0 Å². The normalized spacial score (nSPS) is 13.1. The monoisotopic (exact) mass is 313 g/mol. The molecule has 0 saturated heterocycles. The van der Waals surface area contributed by atoms with Crippen molar-refractivity contribution in [1.82, 2.24) is 14.7 Å². The minimum atomic E-state index is -0.485. The Kier molecular flexibility index (Phi) is 4.71. The fraction of sp³-hybridized carbons (Fsp3) is 0.417. The minimum Gasteiger partial charge on any atom is -0.389 e. The predicted molar refractivity (Wildman–Crippen MR) is 72.5 cm³/mol. The van der Waals surface area contributed by atoms with Crippen molar-refractivity contribution < 1.29 is 9.84 Å². The molecule has 0 bridgehead atoms. The lowest BCUT2D eigenvalue weighted by atomic mass is 10.3. The third-order valence-electron chi connectivity index (χ3n) is 2.59. The Balaban J connectivity index is 1.97. The van der Waals surface area contributed by atoms with Crippen LogP contribution in [0.4, 0.5) is 0 Å². The van der Waals surface area contributed by atoms with Gasteiger partial charge in [-0.3, -0.25) is 0 Å². The number of fused-ring (bicyclic) bond motifs is 1. The molecule has 0 amide bonds. The average Bonchev–Trinajstić information content (AvgIpc) is 2.72. The molecule has 5 nitrogen and oxygen atoms in total. The van der Waals surface area contributed by atoms with Crippen molar-refractivity contribution in [2.45, 2.75) is 12.6 Å². The number of nitrogens with zero attached hydrogens (tertiary/aromatic N) is 2. The molecule has 0 radical (unpaired) electrons. The molecule has 0 aliphatic heterocycles. The molecule has 2 N–H and O–H groups in total. The first kappa shape index (κ1) is 13.5. The van der Waals surface area contributed by atoms with Gasteiger partial charge in [0, 0.05) is 30.9 Å². The van der Waals surface area contributed by atoms with Crippen molar-refractivity contribution in [1.29, 1.82) is 0 Å². The van der Waals surface area contributed by atoms with Crippen LogP contribution in [0.5, 0.6) is 0 Å². The standard InChI is InChI=1S/C12H16BrN3O2/c1-18-8-11(17)6-14-4-10-5-15-12-3-2-9(13)7-16(10)12/h2-3,5,7,11,14,17H,4,6,8H2,1H3. The SMILES string of the molecule is COCC(O)CNCc1cnc2ccc(Br)cn12. The summed E-state index contributed by atoms with van der Waals surface area (Å²) >= 11 is 3.44. The summed E-state index contributed by atoms with van der Waals surface area (Å²) in [6, 6.07) is 3.91. The van der Waals surface area contributed by atoms with Crippen molar-refractivity contribution >= 4 is 21.6 Å². The molecular formula is C12H16BrN3O2. The van der Waals surface area contributed by atoms with Gasteiger partial charge in [0.2, 0.25) is 0 Å². The molecule has 18 heavy (non-hydrogen) atoms. The number of aliphatic hydroxyl groups excluding tert-OH is 1. The lowest BCUT2D eigenvalue weighted by Crippen LogP contribution is -2.29. The number of nitrogens with one attached hydrogen (secondary N) is 1. The summed E-state index contributed by atoms with van der Waals surface area (Å²) < 4.78 is 7.89. The van der Waals surface area contributed by atoms with Gasteiger partial charge in [-0.15, -0.1) is 0 Å². The van der Waals surface area contributed by atoms with E-state index >= 15 is 0 Å². The summed E-state index contributed by atoms with van der Waals surface area (Å²) in [5, 5.41) is 12.7. The maximum absolute atomic E-state index is 9.52. The second-order valence-corrected chi connectivity index (χ2v) is 4.98. The fourth-order valence-corrected chi connectivity index (χ4v) is 2.09. The Morgan fingerprint density at radius 3 is 3.17 bits per heavy atom. The van der Waals surface area contributed by atoms with Gasteiger partial charge in [-0.2, -0.15) is 0 Å². The minimum absolute atomic E-state index is 0.339. The lowest BCUT2D eigenvalue weighted by Gasteiger charge is -2.10. The molecule has 0 spiro atoms. The molecule has 0 aromatic carbocycles. The number of rotatable bonds is 6. The Labute approximate surface area is 114 Å². The molecule has 2 aromatic rings. The van der Waals surface area contributed by atoms with Crippen LogP contribution in [0, 0.1) is 0 Å². The summed E-state index contributed by atoms with van der Waals surface area (Å²) in [5.74, 6) is 0. The van der Waals surface area contributed by atoms with E-state index in [-0.39, 0.29) is 0 Å². The number of ether oxygens (including phenoxy) is 1. The zero-order valence-electron chi connectivity index (χ0n) is 10.1. The molecule has 1 atom stereocenters. The smallest absolute Gasteiger partial charge is 0.136 e. The van der Waals surface area contributed by atoms with Crippen LogP contribution < -0.4 is 5.32 Å². The van der Waals surface area contributed by atoms with Crippen molar-refractivity contribution in [3.63, 3.8) is 0 Å². The van der Waals surface area contributed by atoms with Crippen LogP contribution in [0.2, 0.25) is 0 Å². The van der Waals surface area contributed by atoms with E-state index in [1.54, 1.807) is 7.11 Å². The number of hydrogen-bond donors (Lipinski definition) is 2. The molecular weight excluding hydrogens is 298 g/mol. The molecule has 0 aliphatic rings. The summed E-state index contributed by atoms with van der Waals surface area (Å²) in [4.78, 5) is 4.31. The van der Waals surface area contributed by atoms with Crippen LogP contribution in [0.15, 0.2) is 29.0 Å². The molecule has 2 heterocycles. The van der Waals surface area contributed by atoms with E-state index in [4.69, 9.17) is 4.74 Å². The summed E-state index contributed by atoms with van der Waals surface area (Å²) in [7, 11) is 1.57. The van der Waals surface area contributed by atoms with E-state index < -0.39 is 6.10 Å². The van der Waals surface area contributed by atoms with Crippen LogP contribution in [0.1, 0.15) is 5.69 Å². The second kappa shape index (κ2) is 6.29. The highest BCUT2D eigenvalue weighted by atomic mass is 79.9. The Bertz CT molecular complexity index is 515. The number of halogens is 1. The summed E-state index contributed by atoms with van der Waals surface area (Å²) in [5.41, 5.74) is 1.96. The molecule has 2 rings (SSSR count). The number of imidazole rings is 1. The van der Waals surface area contributed by atoms with Gasteiger partial charge in [0.05, 0.1) is 24.6 Å². The third kappa shape index (κ3) is 3.29. The van der Waals surface area contributed by atoms with Crippen molar-refractivity contribution in [3.05, 3.63) is 34.7 Å². The molecule has 2 aromatic heterocycles. The fourth-order valence-electron chi connectivity index (χ4n) is 1.75. The van der Waals surface area contributed by atoms with E-state index in [9.17, 15) is 5.11 Å². The maximum Gasteiger partial charge on any atom is 0.136 e. The topological polar surface area (TPSA) is 58.8 Å². The molecule has 1 unspecified atom stereocenters. The summed E-state index contributed by atoms with van der Waals surface area (Å²) in [6.45, 7) is 1.49. The van der Waals surface area contributed by atoms with Crippen molar-refractivity contribution in [3.8, 4) is 0 Å². The molecule has 0 fully saturated rings. The third-order valence-corrected chi connectivity index (χ3v) is 3.06. The van der Waals surface area contributed by atoms with Gasteiger partial charge in [0.15, 0.2) is 0 Å². The van der Waals surface area contributed by atoms with Crippen molar-refractivity contribution in [2.75, 3.05) is 20.3 Å². The number of methoxy groups -OCH3 is 1. The zero-order valence-corrected chi connectivity index (χ0v) is 11.7. The van der Waals surface area contributed by atoms with Crippen LogP contribution in [-0.2, 0) is 11.3 Å². The average molecular weight is 314 g/mol. The quantitative estimate of drug-likeness (QED) is 0.841. The first-order valence-electron chi connectivity index (χ1n) is 5.70. The van der Waals surface area contributed by atoms with Gasteiger partial charge in [-0.05, 0) is 28.1 Å². The first-order valence-corrected chi connectivity index (χ1v) is 6.49. The molecule has 6 heteroatoms. The largest absolute Gasteiger partial charge is 0.389 e. The highest BCUT2D eigenvalue weighted by Gasteiger charge is 2.05. The van der Waals surface area contributed by atoms with Crippen LogP contribution in [0.25, 0.3) is 5.65 Å². The van der Waals surface area contributed by atoms with Crippen LogP contribution in [-0.4, -0.2) is 40.9 Å². The van der Waals surface area contributed by atoms with E-state index in [1.165, 1.54) is 0 Å². The number of aromatic nitrogens is 2. The van der Waals surface area contributed by atoms with Gasteiger partial charge in [-0.1, -0.05) is 0 Å². The maximum atomic E-state index is 9.52. The van der Waals surface area contributed by atoms with E-state index in [0.29, 0.717) is 19.7 Å². The van der Waals surface area contributed by atoms with Crippen molar-refractivity contribution in [2.24, 2.45) is 0 Å². The van der Waals surface area contributed by atoms with E-state index in [2.05, 4.69) is 26.2 Å². The first-order chi connectivity index (χ1) is 8.70. The van der Waals surface area contributed by atoms with Gasteiger partial charge in [0.25, 0.3) is 0 Å². The lowest BCUT2D eigenvalue weighted by molar-refractivity contribution is 0.0643. The van der Waals surface area contributed by atoms with Gasteiger partial charge < -0.3 is 19.6 Å². The highest BCUT2D eigenvalue weighted by molar-refractivity contribution is 9.10. The Morgan fingerprint density at radius 1 is 1.56 bits per heavy atom. The Hall–Kier alpha value is -0.950. The van der Waals surface area contributed by atoms with E-state index in [0.717, 1.165) is 15.8 Å².